The molecule has 2 aromatic carbocycles. The third-order valence-electron chi connectivity index (χ3n) is 3.07. The smallest absolute Gasteiger partial charge is 0.349 e. The summed E-state index contributed by atoms with van der Waals surface area (Å²) in [5.74, 6) is -0.477. The van der Waals surface area contributed by atoms with E-state index in [0.717, 1.165) is 5.56 Å². The lowest BCUT2D eigenvalue weighted by molar-refractivity contribution is -0.139. The minimum absolute atomic E-state index is 0.0730. The molecule has 0 amide bonds. The molecule has 5 heteroatoms. The number of methoxy groups -OCH3 is 1. The Morgan fingerprint density at radius 2 is 2.00 bits per heavy atom. The highest BCUT2D eigenvalue weighted by atomic mass is 16.5. The number of carbonyl (C=O) groups is 1. The van der Waals surface area contributed by atoms with Crippen molar-refractivity contribution >= 4 is 12.0 Å². The zero-order chi connectivity index (χ0) is 16.7. The molecule has 2 rings (SSSR count). The maximum absolute atomic E-state index is 12.0. The van der Waals surface area contributed by atoms with Crippen LogP contribution in [0.15, 0.2) is 54.1 Å². The molecule has 0 aromatic heterocycles. The average Bonchev–Trinajstić information content (AvgIpc) is 2.58. The van der Waals surface area contributed by atoms with Crippen molar-refractivity contribution < 1.29 is 19.4 Å². The molecule has 0 bridgehead atoms. The Kier molecular flexibility index (Phi) is 5.37. The summed E-state index contributed by atoms with van der Waals surface area (Å²) in [7, 11) is 1.44. The van der Waals surface area contributed by atoms with Crippen LogP contribution in [0.25, 0.3) is 6.08 Å². The maximum atomic E-state index is 12.0. The van der Waals surface area contributed by atoms with Gasteiger partial charge in [0.25, 0.3) is 0 Å². The van der Waals surface area contributed by atoms with Gasteiger partial charge in [-0.15, -0.1) is 0 Å². The molecule has 0 spiro atoms. The van der Waals surface area contributed by atoms with E-state index in [1.807, 2.05) is 36.4 Å². The Bertz CT molecular complexity index is 760. The van der Waals surface area contributed by atoms with Gasteiger partial charge < -0.3 is 14.6 Å². The third-order valence-corrected chi connectivity index (χ3v) is 3.07. The molecule has 0 aliphatic carbocycles. The van der Waals surface area contributed by atoms with Crippen LogP contribution in [0.5, 0.6) is 11.5 Å². The fourth-order valence-corrected chi connectivity index (χ4v) is 1.90. The van der Waals surface area contributed by atoms with Gasteiger partial charge in [0, 0.05) is 0 Å². The van der Waals surface area contributed by atoms with E-state index in [2.05, 4.69) is 0 Å². The first-order valence-electron chi connectivity index (χ1n) is 6.84. The van der Waals surface area contributed by atoms with Crippen molar-refractivity contribution in [3.05, 3.63) is 65.2 Å². The van der Waals surface area contributed by atoms with Crippen LogP contribution in [0.4, 0.5) is 0 Å². The summed E-state index contributed by atoms with van der Waals surface area (Å²) in [6.07, 6.45) is 1.35. The molecular formula is C18H15NO4. The molecule has 0 heterocycles. The van der Waals surface area contributed by atoms with Gasteiger partial charge in [-0.3, -0.25) is 0 Å². The Morgan fingerprint density at radius 1 is 1.26 bits per heavy atom. The van der Waals surface area contributed by atoms with Gasteiger partial charge in [0.15, 0.2) is 11.5 Å². The molecule has 5 nitrogen and oxygen atoms in total. The van der Waals surface area contributed by atoms with Crippen molar-refractivity contribution in [1.29, 1.82) is 5.26 Å². The summed E-state index contributed by atoms with van der Waals surface area (Å²) in [5, 5.41) is 18.8. The van der Waals surface area contributed by atoms with E-state index < -0.39 is 5.97 Å². The molecule has 0 atom stereocenters. The van der Waals surface area contributed by atoms with Crippen molar-refractivity contribution in [2.24, 2.45) is 0 Å². The minimum Gasteiger partial charge on any atom is -0.504 e. The Labute approximate surface area is 134 Å². The predicted molar refractivity (Wildman–Crippen MR) is 84.5 cm³/mol. The molecule has 0 saturated heterocycles. The van der Waals surface area contributed by atoms with Crippen molar-refractivity contribution in [2.75, 3.05) is 7.11 Å². The third kappa shape index (κ3) is 4.35. The van der Waals surface area contributed by atoms with Gasteiger partial charge in [0.1, 0.15) is 18.2 Å². The molecule has 1 N–H and O–H groups in total. The molecule has 0 radical (unpaired) electrons. The summed E-state index contributed by atoms with van der Waals surface area (Å²) >= 11 is 0. The highest BCUT2D eigenvalue weighted by Crippen LogP contribution is 2.27. The first-order chi connectivity index (χ1) is 11.1. The van der Waals surface area contributed by atoms with Crippen LogP contribution >= 0.6 is 0 Å². The summed E-state index contributed by atoms with van der Waals surface area (Å²) in [5.41, 5.74) is 1.18. The number of nitrogens with zero attached hydrogens (tertiary/aromatic N) is 1. The van der Waals surface area contributed by atoms with Crippen LogP contribution in [0.3, 0.4) is 0 Å². The number of esters is 1. The molecule has 2 aromatic rings. The summed E-state index contributed by atoms with van der Waals surface area (Å²) < 4.78 is 10.1. The van der Waals surface area contributed by atoms with Crippen LogP contribution in [0.1, 0.15) is 11.1 Å². The SMILES string of the molecule is COc1ccc(/C=C(\C#N)C(=O)OCc2ccccc2)cc1O. The number of aromatic hydroxyl groups is 1. The van der Waals surface area contributed by atoms with Crippen molar-refractivity contribution in [3.63, 3.8) is 0 Å². The minimum atomic E-state index is -0.716. The van der Waals surface area contributed by atoms with E-state index in [4.69, 9.17) is 14.7 Å². The largest absolute Gasteiger partial charge is 0.504 e. The van der Waals surface area contributed by atoms with Gasteiger partial charge in [0.2, 0.25) is 0 Å². The molecule has 0 fully saturated rings. The summed E-state index contributed by atoms with van der Waals surface area (Å²) in [6.45, 7) is 0.0898. The lowest BCUT2D eigenvalue weighted by Gasteiger charge is -2.05. The fraction of sp³-hybridized carbons (Fsp3) is 0.111. The Hall–Kier alpha value is -3.26. The highest BCUT2D eigenvalue weighted by Gasteiger charge is 2.11. The first kappa shape index (κ1) is 16.1. The van der Waals surface area contributed by atoms with E-state index in [1.165, 1.54) is 19.3 Å². The highest BCUT2D eigenvalue weighted by molar-refractivity contribution is 5.97. The molecule has 23 heavy (non-hydrogen) atoms. The van der Waals surface area contributed by atoms with Crippen LogP contribution in [-0.2, 0) is 16.1 Å². The summed E-state index contributed by atoms with van der Waals surface area (Å²) in [4.78, 5) is 12.0. The van der Waals surface area contributed by atoms with Crippen molar-refractivity contribution in [2.45, 2.75) is 6.61 Å². The van der Waals surface area contributed by atoms with Crippen LogP contribution in [-0.4, -0.2) is 18.2 Å². The van der Waals surface area contributed by atoms with E-state index >= 15 is 0 Å². The maximum Gasteiger partial charge on any atom is 0.349 e. The number of ether oxygens (including phenoxy) is 2. The van der Waals surface area contributed by atoms with Crippen molar-refractivity contribution in [1.82, 2.24) is 0 Å². The lowest BCUT2D eigenvalue weighted by atomic mass is 10.1. The van der Waals surface area contributed by atoms with Gasteiger partial charge >= 0.3 is 5.97 Å². The number of hydrogen-bond acceptors (Lipinski definition) is 5. The van der Waals surface area contributed by atoms with Gasteiger partial charge in [-0.25, -0.2) is 4.79 Å². The second-order valence-corrected chi connectivity index (χ2v) is 4.66. The Balaban J connectivity index is 2.10. The first-order valence-corrected chi connectivity index (χ1v) is 6.84. The van der Waals surface area contributed by atoms with E-state index in [0.29, 0.717) is 11.3 Å². The number of carbonyl (C=O) groups excluding carboxylic acids is 1. The quantitative estimate of drug-likeness (QED) is 0.521. The van der Waals surface area contributed by atoms with Crippen LogP contribution in [0, 0.1) is 11.3 Å². The second-order valence-electron chi connectivity index (χ2n) is 4.66. The number of phenolic OH excluding ortho intramolecular Hbond substituents is 1. The molecule has 0 unspecified atom stereocenters. The van der Waals surface area contributed by atoms with E-state index in [9.17, 15) is 9.90 Å². The average molecular weight is 309 g/mol. The lowest BCUT2D eigenvalue weighted by Crippen LogP contribution is -2.06. The molecule has 0 aliphatic rings. The van der Waals surface area contributed by atoms with E-state index in [1.54, 1.807) is 12.1 Å². The number of phenols is 1. The zero-order valence-corrected chi connectivity index (χ0v) is 12.5. The summed E-state index contributed by atoms with van der Waals surface area (Å²) in [6, 6.07) is 15.6. The van der Waals surface area contributed by atoms with Gasteiger partial charge in [0.05, 0.1) is 7.11 Å². The molecule has 0 aliphatic heterocycles. The topological polar surface area (TPSA) is 79.5 Å². The Morgan fingerprint density at radius 3 is 2.61 bits per heavy atom. The van der Waals surface area contributed by atoms with Crippen LogP contribution < -0.4 is 4.74 Å². The second kappa shape index (κ2) is 7.66. The van der Waals surface area contributed by atoms with Gasteiger partial charge in [-0.2, -0.15) is 5.26 Å². The van der Waals surface area contributed by atoms with Gasteiger partial charge in [-0.05, 0) is 29.3 Å². The number of rotatable bonds is 5. The normalized spacial score (nSPS) is 10.7. The number of hydrogen-bond donors (Lipinski definition) is 1. The molecular weight excluding hydrogens is 294 g/mol. The monoisotopic (exact) mass is 309 g/mol. The standard InChI is InChI=1S/C18H15NO4/c1-22-17-8-7-14(10-16(17)20)9-15(11-19)18(21)23-12-13-5-3-2-4-6-13/h2-10,20H,12H2,1H3/b15-9+. The fourth-order valence-electron chi connectivity index (χ4n) is 1.90. The van der Waals surface area contributed by atoms with E-state index in [-0.39, 0.29) is 17.9 Å². The number of benzene rings is 2. The zero-order valence-electron chi connectivity index (χ0n) is 12.5. The van der Waals surface area contributed by atoms with Crippen LogP contribution in [0.2, 0.25) is 0 Å². The molecule has 0 saturated carbocycles. The predicted octanol–water partition coefficient (Wildman–Crippen LogP) is 3.05. The molecule has 116 valence electrons. The van der Waals surface area contributed by atoms with Crippen molar-refractivity contribution in [3.8, 4) is 17.6 Å². The number of nitriles is 1. The van der Waals surface area contributed by atoms with Gasteiger partial charge in [-0.1, -0.05) is 36.4 Å².